The van der Waals surface area contributed by atoms with Crippen molar-refractivity contribution in [3.8, 4) is 5.75 Å². The number of aromatic nitrogens is 2. The van der Waals surface area contributed by atoms with Gasteiger partial charge in [-0.25, -0.2) is 9.78 Å². The number of amides is 3. The van der Waals surface area contributed by atoms with Crippen LogP contribution in [0.15, 0.2) is 73.4 Å². The van der Waals surface area contributed by atoms with Crippen molar-refractivity contribution in [2.24, 2.45) is 0 Å². The van der Waals surface area contributed by atoms with Crippen LogP contribution in [0.4, 0.5) is 33.6 Å². The highest BCUT2D eigenvalue weighted by atomic mass is 16.5. The summed E-state index contributed by atoms with van der Waals surface area (Å²) in [6.07, 6.45) is 2.68. The van der Waals surface area contributed by atoms with Crippen LogP contribution in [0.2, 0.25) is 0 Å². The number of carbonyl (C=O) groups excluding carboxylic acids is 2. The van der Waals surface area contributed by atoms with E-state index in [1.807, 2.05) is 24.3 Å². The lowest BCUT2D eigenvalue weighted by atomic mass is 10.2. The number of benzene rings is 2. The number of anilines is 5. The molecule has 0 unspecified atom stereocenters. The first-order valence-corrected chi connectivity index (χ1v) is 8.92. The predicted octanol–water partition coefficient (Wildman–Crippen LogP) is 4.00. The molecular formula is C21H20N6O3. The Morgan fingerprint density at radius 1 is 1.00 bits per heavy atom. The fourth-order valence-corrected chi connectivity index (χ4v) is 2.50. The number of urea groups is 1. The van der Waals surface area contributed by atoms with Crippen molar-refractivity contribution in [1.82, 2.24) is 9.97 Å². The molecule has 4 N–H and O–H groups in total. The maximum atomic E-state index is 12.3. The van der Waals surface area contributed by atoms with E-state index in [0.29, 0.717) is 34.6 Å². The Morgan fingerprint density at radius 2 is 1.77 bits per heavy atom. The summed E-state index contributed by atoms with van der Waals surface area (Å²) >= 11 is 0. The minimum absolute atomic E-state index is 0.298. The molecule has 3 amide bonds. The second-order valence-corrected chi connectivity index (χ2v) is 5.94. The van der Waals surface area contributed by atoms with Crippen LogP contribution in [-0.4, -0.2) is 29.0 Å². The Balaban J connectivity index is 1.65. The number of carbonyl (C=O) groups is 2. The molecule has 1 aromatic heterocycles. The molecule has 3 rings (SSSR count). The van der Waals surface area contributed by atoms with Crippen LogP contribution in [0.5, 0.6) is 5.75 Å². The molecule has 1 heterocycles. The lowest BCUT2D eigenvalue weighted by molar-refractivity contribution is -0.111. The molecule has 0 aliphatic carbocycles. The van der Waals surface area contributed by atoms with E-state index in [1.54, 1.807) is 37.4 Å². The Kier molecular flexibility index (Phi) is 6.57. The van der Waals surface area contributed by atoms with Gasteiger partial charge >= 0.3 is 6.03 Å². The number of ether oxygens (including phenoxy) is 1. The van der Waals surface area contributed by atoms with Crippen molar-refractivity contribution in [2.75, 3.05) is 28.4 Å². The molecule has 30 heavy (non-hydrogen) atoms. The summed E-state index contributed by atoms with van der Waals surface area (Å²) < 4.78 is 5.29. The molecule has 0 saturated carbocycles. The molecule has 0 aliphatic heterocycles. The minimum Gasteiger partial charge on any atom is -0.495 e. The highest BCUT2D eigenvalue weighted by Crippen LogP contribution is 2.25. The van der Waals surface area contributed by atoms with Gasteiger partial charge in [-0.1, -0.05) is 24.8 Å². The van der Waals surface area contributed by atoms with Gasteiger partial charge < -0.3 is 20.7 Å². The summed E-state index contributed by atoms with van der Waals surface area (Å²) in [6.45, 7) is 3.40. The summed E-state index contributed by atoms with van der Waals surface area (Å²) in [4.78, 5) is 32.1. The maximum absolute atomic E-state index is 12.3. The van der Waals surface area contributed by atoms with E-state index in [2.05, 4.69) is 37.8 Å². The lowest BCUT2D eigenvalue weighted by Crippen LogP contribution is -2.20. The normalized spacial score (nSPS) is 9.90. The number of hydrogen-bond donors (Lipinski definition) is 4. The largest absolute Gasteiger partial charge is 0.495 e. The Hall–Kier alpha value is -4.40. The molecule has 9 nitrogen and oxygen atoms in total. The van der Waals surface area contributed by atoms with Gasteiger partial charge in [-0.2, -0.15) is 4.98 Å². The first kappa shape index (κ1) is 20.3. The fourth-order valence-electron chi connectivity index (χ4n) is 2.50. The zero-order valence-corrected chi connectivity index (χ0v) is 16.2. The monoisotopic (exact) mass is 404 g/mol. The van der Waals surface area contributed by atoms with E-state index in [4.69, 9.17) is 4.74 Å². The smallest absolute Gasteiger partial charge is 0.324 e. The van der Waals surface area contributed by atoms with Crippen molar-refractivity contribution < 1.29 is 14.3 Å². The lowest BCUT2D eigenvalue weighted by Gasteiger charge is -2.11. The quantitative estimate of drug-likeness (QED) is 0.442. The van der Waals surface area contributed by atoms with Crippen molar-refractivity contribution in [1.29, 1.82) is 0 Å². The van der Waals surface area contributed by atoms with Crippen molar-refractivity contribution >= 4 is 40.8 Å². The predicted molar refractivity (Wildman–Crippen MR) is 116 cm³/mol. The summed E-state index contributed by atoms with van der Waals surface area (Å²) in [5, 5.41) is 11.0. The van der Waals surface area contributed by atoms with E-state index in [1.165, 1.54) is 12.3 Å². The summed E-state index contributed by atoms with van der Waals surface area (Å²) in [6, 6.07) is 15.1. The second-order valence-electron chi connectivity index (χ2n) is 5.94. The van der Waals surface area contributed by atoms with Crippen LogP contribution >= 0.6 is 0 Å². The molecule has 0 aliphatic rings. The molecule has 0 radical (unpaired) electrons. The van der Waals surface area contributed by atoms with Gasteiger partial charge in [0.05, 0.1) is 12.8 Å². The van der Waals surface area contributed by atoms with Gasteiger partial charge in [0.15, 0.2) is 0 Å². The summed E-state index contributed by atoms with van der Waals surface area (Å²) in [7, 11) is 1.57. The zero-order valence-electron chi connectivity index (χ0n) is 16.2. The van der Waals surface area contributed by atoms with E-state index < -0.39 is 6.03 Å². The van der Waals surface area contributed by atoms with Crippen molar-refractivity contribution in [3.05, 3.63) is 73.4 Å². The number of hydrogen-bond acceptors (Lipinski definition) is 6. The molecule has 0 bridgehead atoms. The van der Waals surface area contributed by atoms with Gasteiger partial charge in [-0.3, -0.25) is 10.1 Å². The molecular weight excluding hydrogens is 384 g/mol. The van der Waals surface area contributed by atoms with E-state index >= 15 is 0 Å². The van der Waals surface area contributed by atoms with Gasteiger partial charge in [0.1, 0.15) is 11.6 Å². The Bertz CT molecular complexity index is 1070. The number of para-hydroxylation sites is 2. The van der Waals surface area contributed by atoms with E-state index in [9.17, 15) is 9.59 Å². The van der Waals surface area contributed by atoms with Crippen molar-refractivity contribution in [3.63, 3.8) is 0 Å². The maximum Gasteiger partial charge on any atom is 0.324 e. The SMILES string of the molecule is C=CC(=O)Nc1cccc(NC(=O)Nc2ccnc(Nc3ccccc3OC)n2)c1. The third-order valence-corrected chi connectivity index (χ3v) is 3.82. The summed E-state index contributed by atoms with van der Waals surface area (Å²) in [5.41, 5.74) is 1.72. The zero-order chi connectivity index (χ0) is 21.3. The van der Waals surface area contributed by atoms with Crippen LogP contribution in [0.3, 0.4) is 0 Å². The number of nitrogens with zero attached hydrogens (tertiary/aromatic N) is 2. The fraction of sp³-hybridized carbons (Fsp3) is 0.0476. The molecule has 9 heteroatoms. The van der Waals surface area contributed by atoms with Gasteiger partial charge in [0, 0.05) is 17.6 Å². The van der Waals surface area contributed by atoms with Crippen LogP contribution in [0.1, 0.15) is 0 Å². The third kappa shape index (κ3) is 5.55. The third-order valence-electron chi connectivity index (χ3n) is 3.82. The molecule has 152 valence electrons. The minimum atomic E-state index is -0.496. The Labute approximate surface area is 173 Å². The Morgan fingerprint density at radius 3 is 2.53 bits per heavy atom. The highest BCUT2D eigenvalue weighted by Gasteiger charge is 2.08. The molecule has 0 saturated heterocycles. The van der Waals surface area contributed by atoms with Gasteiger partial charge in [0.25, 0.3) is 0 Å². The average molecular weight is 404 g/mol. The molecule has 2 aromatic carbocycles. The average Bonchev–Trinajstić information content (AvgIpc) is 2.74. The van der Waals surface area contributed by atoms with Gasteiger partial charge in [-0.05, 0) is 42.5 Å². The van der Waals surface area contributed by atoms with E-state index in [-0.39, 0.29) is 5.91 Å². The van der Waals surface area contributed by atoms with Crippen molar-refractivity contribution in [2.45, 2.75) is 0 Å². The van der Waals surface area contributed by atoms with Crippen LogP contribution < -0.4 is 26.0 Å². The standard InChI is InChI=1S/C21H20N6O3/c1-3-19(28)23-14-7-6-8-15(13-14)24-21(29)27-18-11-12-22-20(26-18)25-16-9-4-5-10-17(16)30-2/h3-13H,1H2,2H3,(H,23,28)(H3,22,24,25,26,27,29). The number of nitrogens with one attached hydrogen (secondary N) is 4. The number of methoxy groups -OCH3 is 1. The topological polar surface area (TPSA) is 117 Å². The van der Waals surface area contributed by atoms with Crippen LogP contribution in [0, 0.1) is 0 Å². The molecule has 0 spiro atoms. The van der Waals surface area contributed by atoms with Gasteiger partial charge in [-0.15, -0.1) is 0 Å². The van der Waals surface area contributed by atoms with E-state index in [0.717, 1.165) is 0 Å². The number of rotatable bonds is 7. The first-order valence-electron chi connectivity index (χ1n) is 8.92. The van der Waals surface area contributed by atoms with Crippen LogP contribution in [-0.2, 0) is 4.79 Å². The highest BCUT2D eigenvalue weighted by molar-refractivity contribution is 6.01. The molecule has 0 atom stereocenters. The first-order chi connectivity index (χ1) is 14.6. The van der Waals surface area contributed by atoms with Gasteiger partial charge in [0.2, 0.25) is 11.9 Å². The molecule has 0 fully saturated rings. The molecule has 3 aromatic rings. The van der Waals surface area contributed by atoms with Crippen LogP contribution in [0.25, 0.3) is 0 Å². The second kappa shape index (κ2) is 9.69. The summed E-state index contributed by atoms with van der Waals surface area (Å²) in [5.74, 6) is 0.899.